The minimum atomic E-state index is -0.537. The van der Waals surface area contributed by atoms with Gasteiger partial charge in [-0.15, -0.1) is 6.42 Å². The molecule has 0 spiro atoms. The van der Waals surface area contributed by atoms with Crippen molar-refractivity contribution in [1.82, 2.24) is 0 Å². The number of carbonyl (C=O) groups excluding carboxylic acids is 1. The predicted molar refractivity (Wildman–Crippen MR) is 53.5 cm³/mol. The molecule has 1 aromatic rings. The smallest absolute Gasteiger partial charge is 0.300 e. The minimum Gasteiger partial charge on any atom is -0.508 e. The molecular weight excluding hydrogens is 180 g/mol. The first-order chi connectivity index (χ1) is 6.67. The van der Waals surface area contributed by atoms with Crippen molar-refractivity contribution in [3.05, 3.63) is 23.8 Å². The number of phenols is 1. The number of rotatable bonds is 2. The number of nitrogens with two attached hydrogens (primary N) is 1. The van der Waals surface area contributed by atoms with E-state index in [9.17, 15) is 4.79 Å². The van der Waals surface area contributed by atoms with Crippen LogP contribution >= 0.6 is 0 Å². The average molecular weight is 190 g/mol. The van der Waals surface area contributed by atoms with Crippen LogP contribution in [0.15, 0.2) is 18.2 Å². The number of phenolic OH excluding ortho intramolecular Hbond substituents is 1. The Labute approximate surface area is 81.7 Å². The molecule has 4 heteroatoms. The van der Waals surface area contributed by atoms with Gasteiger partial charge in [0.25, 0.3) is 5.91 Å². The largest absolute Gasteiger partial charge is 0.508 e. The third-order valence-electron chi connectivity index (χ3n) is 1.69. The van der Waals surface area contributed by atoms with Crippen LogP contribution in [0, 0.1) is 12.3 Å². The Kier molecular flexibility index (Phi) is 3.10. The van der Waals surface area contributed by atoms with Gasteiger partial charge in [-0.2, -0.15) is 0 Å². The minimum absolute atomic E-state index is 0.101. The van der Waals surface area contributed by atoms with E-state index in [-0.39, 0.29) is 12.3 Å². The Morgan fingerprint density at radius 1 is 1.64 bits per heavy atom. The third kappa shape index (κ3) is 2.25. The summed E-state index contributed by atoms with van der Waals surface area (Å²) in [7, 11) is 0. The summed E-state index contributed by atoms with van der Waals surface area (Å²) in [6, 6.07) is 4.48. The lowest BCUT2D eigenvalue weighted by molar-refractivity contribution is -0.111. The highest BCUT2D eigenvalue weighted by atomic mass is 16.3. The molecule has 0 radical (unpaired) electrons. The molecule has 0 aliphatic carbocycles. The van der Waals surface area contributed by atoms with Gasteiger partial charge in [0, 0.05) is 12.2 Å². The van der Waals surface area contributed by atoms with Crippen LogP contribution in [0.1, 0.15) is 5.56 Å². The zero-order valence-corrected chi connectivity index (χ0v) is 7.45. The fraction of sp³-hybridized carbons (Fsp3) is 0.100. The Morgan fingerprint density at radius 2 is 2.36 bits per heavy atom. The summed E-state index contributed by atoms with van der Waals surface area (Å²) >= 11 is 0. The Hall–Kier alpha value is -1.99. The molecule has 0 unspecified atom stereocenters. The fourth-order valence-corrected chi connectivity index (χ4v) is 1.03. The lowest BCUT2D eigenvalue weighted by Gasteiger charge is -2.07. The normalized spacial score (nSPS) is 9.14. The Morgan fingerprint density at radius 3 is 2.93 bits per heavy atom. The van der Waals surface area contributed by atoms with Crippen molar-refractivity contribution in [2.75, 3.05) is 5.32 Å². The summed E-state index contributed by atoms with van der Waals surface area (Å²) in [5, 5.41) is 11.6. The van der Waals surface area contributed by atoms with E-state index < -0.39 is 5.91 Å². The molecule has 0 aliphatic heterocycles. The molecule has 0 heterocycles. The molecule has 4 N–H and O–H groups in total. The number of amides is 1. The molecule has 0 saturated carbocycles. The van der Waals surface area contributed by atoms with E-state index in [4.69, 9.17) is 17.3 Å². The maximum Gasteiger partial charge on any atom is 0.300 e. The van der Waals surface area contributed by atoms with Crippen LogP contribution in [0.5, 0.6) is 5.75 Å². The predicted octanol–water partition coefficient (Wildman–Crippen LogP) is 0.423. The topological polar surface area (TPSA) is 75.3 Å². The van der Waals surface area contributed by atoms with E-state index >= 15 is 0 Å². The molecule has 4 nitrogen and oxygen atoms in total. The van der Waals surface area contributed by atoms with Crippen molar-refractivity contribution in [3.63, 3.8) is 0 Å². The van der Waals surface area contributed by atoms with Crippen LogP contribution < -0.4 is 11.1 Å². The maximum atomic E-state index is 10.9. The molecule has 0 fully saturated rings. The molecule has 1 rings (SSSR count). The Balaban J connectivity index is 2.97. The van der Waals surface area contributed by atoms with Gasteiger partial charge in [0.2, 0.25) is 0 Å². The fourth-order valence-electron chi connectivity index (χ4n) is 1.03. The van der Waals surface area contributed by atoms with Gasteiger partial charge in [0.05, 0.1) is 0 Å². The van der Waals surface area contributed by atoms with Gasteiger partial charge >= 0.3 is 0 Å². The van der Waals surface area contributed by atoms with Gasteiger partial charge in [-0.25, -0.2) is 0 Å². The summed E-state index contributed by atoms with van der Waals surface area (Å²) < 4.78 is 0. The van der Waals surface area contributed by atoms with E-state index in [1.807, 2.05) is 5.92 Å². The first-order valence-corrected chi connectivity index (χ1v) is 3.97. The van der Waals surface area contributed by atoms with Gasteiger partial charge in [-0.05, 0) is 29.7 Å². The number of aromatic hydroxyl groups is 1. The summed E-state index contributed by atoms with van der Waals surface area (Å²) in [6.07, 6.45) is 4.90. The highest BCUT2D eigenvalue weighted by Crippen LogP contribution is 2.20. The lowest BCUT2D eigenvalue weighted by atomic mass is 10.1. The summed E-state index contributed by atoms with van der Waals surface area (Å²) in [5.41, 5.74) is 6.58. The van der Waals surface area contributed by atoms with Crippen LogP contribution in [0.4, 0.5) is 5.69 Å². The second-order valence-electron chi connectivity index (χ2n) is 2.64. The number of hydrogen-bond donors (Lipinski definition) is 3. The monoisotopic (exact) mass is 190 g/mol. The first-order valence-electron chi connectivity index (χ1n) is 3.97. The molecule has 72 valence electrons. The molecule has 0 aromatic heterocycles. The number of anilines is 1. The SMILES string of the molecule is C#CC(=O)Nc1ccc(O)cc1CN. The Bertz CT molecular complexity index is 394. The summed E-state index contributed by atoms with van der Waals surface area (Å²) in [6.45, 7) is 0.217. The second kappa shape index (κ2) is 4.30. The first kappa shape index (κ1) is 10.1. The van der Waals surface area contributed by atoms with Crippen molar-refractivity contribution in [2.24, 2.45) is 5.73 Å². The second-order valence-corrected chi connectivity index (χ2v) is 2.64. The van der Waals surface area contributed by atoms with Gasteiger partial charge in [0.15, 0.2) is 0 Å². The van der Waals surface area contributed by atoms with Gasteiger partial charge in [-0.3, -0.25) is 4.79 Å². The number of terminal acetylenes is 1. The van der Waals surface area contributed by atoms with E-state index in [1.165, 1.54) is 12.1 Å². The van der Waals surface area contributed by atoms with Crippen LogP contribution in [0.25, 0.3) is 0 Å². The van der Waals surface area contributed by atoms with E-state index in [1.54, 1.807) is 6.07 Å². The standard InChI is InChI=1S/C10H10N2O2/c1-2-10(14)12-9-4-3-8(13)5-7(9)6-11/h1,3-5,13H,6,11H2,(H,12,14). The molecule has 0 saturated heterocycles. The van der Waals surface area contributed by atoms with Crippen molar-refractivity contribution < 1.29 is 9.90 Å². The van der Waals surface area contributed by atoms with Crippen molar-refractivity contribution in [1.29, 1.82) is 0 Å². The molecular formula is C10H10N2O2. The average Bonchev–Trinajstić information content (AvgIpc) is 2.20. The van der Waals surface area contributed by atoms with Crippen LogP contribution in [-0.2, 0) is 11.3 Å². The van der Waals surface area contributed by atoms with Crippen LogP contribution in [-0.4, -0.2) is 11.0 Å². The van der Waals surface area contributed by atoms with Crippen LogP contribution in [0.3, 0.4) is 0 Å². The zero-order chi connectivity index (χ0) is 10.6. The maximum absolute atomic E-state index is 10.9. The molecule has 1 amide bonds. The quantitative estimate of drug-likeness (QED) is 0.467. The van der Waals surface area contributed by atoms with Gasteiger partial charge in [-0.1, -0.05) is 0 Å². The molecule has 14 heavy (non-hydrogen) atoms. The summed E-state index contributed by atoms with van der Waals surface area (Å²) in [5.74, 6) is 1.49. The zero-order valence-electron chi connectivity index (χ0n) is 7.45. The molecule has 1 aromatic carbocycles. The molecule has 0 atom stereocenters. The van der Waals surface area contributed by atoms with Gasteiger partial charge < -0.3 is 16.2 Å². The number of nitrogens with one attached hydrogen (secondary N) is 1. The van der Waals surface area contributed by atoms with Crippen molar-refractivity contribution >= 4 is 11.6 Å². The molecule has 0 aliphatic rings. The highest BCUT2D eigenvalue weighted by molar-refractivity contribution is 6.03. The van der Waals surface area contributed by atoms with Crippen molar-refractivity contribution in [2.45, 2.75) is 6.54 Å². The number of carbonyl (C=O) groups is 1. The van der Waals surface area contributed by atoms with Crippen LogP contribution in [0.2, 0.25) is 0 Å². The summed E-state index contributed by atoms with van der Waals surface area (Å²) in [4.78, 5) is 10.9. The van der Waals surface area contributed by atoms with E-state index in [2.05, 4.69) is 5.32 Å². The van der Waals surface area contributed by atoms with E-state index in [0.29, 0.717) is 11.3 Å². The highest BCUT2D eigenvalue weighted by Gasteiger charge is 2.04. The van der Waals surface area contributed by atoms with Gasteiger partial charge in [0.1, 0.15) is 5.75 Å². The number of hydrogen-bond acceptors (Lipinski definition) is 3. The molecule has 0 bridgehead atoms. The van der Waals surface area contributed by atoms with Crippen molar-refractivity contribution in [3.8, 4) is 18.1 Å². The lowest BCUT2D eigenvalue weighted by Crippen LogP contribution is -2.11. The van der Waals surface area contributed by atoms with E-state index in [0.717, 1.165) is 0 Å². The third-order valence-corrected chi connectivity index (χ3v) is 1.69. The number of benzene rings is 1.